The maximum absolute atomic E-state index is 13.2. The van der Waals surface area contributed by atoms with Gasteiger partial charge in [-0.3, -0.25) is 4.79 Å². The first-order valence-electron chi connectivity index (χ1n) is 7.84. The van der Waals surface area contributed by atoms with Crippen molar-refractivity contribution in [1.82, 2.24) is 15.3 Å². The SMILES string of the molecule is O=C(NCc1nc2ccc(F)cc2[nH]1)[C@@H]1CCOc2ccccc21. The van der Waals surface area contributed by atoms with Crippen molar-refractivity contribution in [3.8, 4) is 5.75 Å². The van der Waals surface area contributed by atoms with Crippen molar-refractivity contribution in [2.24, 2.45) is 0 Å². The van der Waals surface area contributed by atoms with Crippen molar-refractivity contribution in [3.63, 3.8) is 0 Å². The van der Waals surface area contributed by atoms with Crippen LogP contribution in [0.4, 0.5) is 4.39 Å². The molecule has 0 bridgehead atoms. The van der Waals surface area contributed by atoms with Crippen LogP contribution in [0.3, 0.4) is 0 Å². The van der Waals surface area contributed by atoms with Gasteiger partial charge in [-0.1, -0.05) is 18.2 Å². The fourth-order valence-electron chi connectivity index (χ4n) is 3.03. The second-order valence-electron chi connectivity index (χ2n) is 5.79. The summed E-state index contributed by atoms with van der Waals surface area (Å²) < 4.78 is 18.8. The lowest BCUT2D eigenvalue weighted by Gasteiger charge is -2.24. The van der Waals surface area contributed by atoms with Crippen LogP contribution >= 0.6 is 0 Å². The van der Waals surface area contributed by atoms with Crippen LogP contribution in [0.5, 0.6) is 5.75 Å². The number of fused-ring (bicyclic) bond motifs is 2. The average molecular weight is 325 g/mol. The molecule has 6 heteroatoms. The molecule has 0 aliphatic carbocycles. The second kappa shape index (κ2) is 5.96. The number of rotatable bonds is 3. The quantitative estimate of drug-likeness (QED) is 0.778. The molecule has 0 fully saturated rings. The fraction of sp³-hybridized carbons (Fsp3) is 0.222. The van der Waals surface area contributed by atoms with Crippen LogP contribution < -0.4 is 10.1 Å². The Morgan fingerprint density at radius 1 is 1.33 bits per heavy atom. The Morgan fingerprint density at radius 2 is 2.21 bits per heavy atom. The number of aromatic nitrogens is 2. The minimum absolute atomic E-state index is 0.0580. The van der Waals surface area contributed by atoms with Crippen molar-refractivity contribution in [3.05, 3.63) is 59.7 Å². The first kappa shape index (κ1) is 14.7. The molecule has 0 radical (unpaired) electrons. The first-order chi connectivity index (χ1) is 11.7. The number of ether oxygens (including phenoxy) is 1. The van der Waals surface area contributed by atoms with Gasteiger partial charge in [-0.2, -0.15) is 0 Å². The smallest absolute Gasteiger partial charge is 0.228 e. The number of carbonyl (C=O) groups excluding carboxylic acids is 1. The third kappa shape index (κ3) is 2.71. The van der Waals surface area contributed by atoms with Crippen LogP contribution in [0.25, 0.3) is 11.0 Å². The van der Waals surface area contributed by atoms with E-state index in [1.165, 1.54) is 12.1 Å². The van der Waals surface area contributed by atoms with E-state index in [9.17, 15) is 9.18 Å². The minimum Gasteiger partial charge on any atom is -0.493 e. The number of hydrogen-bond acceptors (Lipinski definition) is 3. The number of halogens is 1. The number of nitrogens with zero attached hydrogens (tertiary/aromatic N) is 1. The lowest BCUT2D eigenvalue weighted by atomic mass is 9.92. The molecule has 1 aromatic heterocycles. The predicted molar refractivity (Wildman–Crippen MR) is 87.2 cm³/mol. The molecule has 0 saturated carbocycles. The summed E-state index contributed by atoms with van der Waals surface area (Å²) in [5, 5.41) is 2.90. The number of nitrogens with one attached hydrogen (secondary N) is 2. The highest BCUT2D eigenvalue weighted by Gasteiger charge is 2.27. The van der Waals surface area contributed by atoms with Crippen LogP contribution in [0.2, 0.25) is 0 Å². The highest BCUT2D eigenvalue weighted by atomic mass is 19.1. The Kier molecular flexibility index (Phi) is 3.65. The molecule has 1 atom stereocenters. The summed E-state index contributed by atoms with van der Waals surface area (Å²) in [6.07, 6.45) is 0.647. The molecular weight excluding hydrogens is 309 g/mol. The van der Waals surface area contributed by atoms with Crippen molar-refractivity contribution in [2.45, 2.75) is 18.9 Å². The van der Waals surface area contributed by atoms with Gasteiger partial charge in [0.15, 0.2) is 0 Å². The molecule has 122 valence electrons. The zero-order chi connectivity index (χ0) is 16.5. The minimum atomic E-state index is -0.319. The van der Waals surface area contributed by atoms with Crippen LogP contribution in [-0.2, 0) is 11.3 Å². The van der Waals surface area contributed by atoms with E-state index in [1.807, 2.05) is 24.3 Å². The van der Waals surface area contributed by atoms with Crippen molar-refractivity contribution >= 4 is 16.9 Å². The topological polar surface area (TPSA) is 67.0 Å². The van der Waals surface area contributed by atoms with Gasteiger partial charge in [0, 0.05) is 5.56 Å². The molecular formula is C18H16FN3O2. The lowest BCUT2D eigenvalue weighted by Crippen LogP contribution is -2.32. The van der Waals surface area contributed by atoms with Gasteiger partial charge in [0.05, 0.1) is 30.1 Å². The summed E-state index contributed by atoms with van der Waals surface area (Å²) in [6.45, 7) is 0.799. The van der Waals surface area contributed by atoms with Gasteiger partial charge in [-0.25, -0.2) is 9.37 Å². The maximum atomic E-state index is 13.2. The molecule has 1 aliphatic heterocycles. The molecule has 0 saturated heterocycles. The van der Waals surface area contributed by atoms with Crippen LogP contribution in [0, 0.1) is 5.82 Å². The number of imidazole rings is 1. The summed E-state index contributed by atoms with van der Waals surface area (Å²) in [5.41, 5.74) is 2.21. The molecule has 2 N–H and O–H groups in total. The first-order valence-corrected chi connectivity index (χ1v) is 7.84. The lowest BCUT2D eigenvalue weighted by molar-refractivity contribution is -0.123. The van der Waals surface area contributed by atoms with Crippen molar-refractivity contribution in [1.29, 1.82) is 0 Å². The van der Waals surface area contributed by atoms with Gasteiger partial charge < -0.3 is 15.0 Å². The Balaban J connectivity index is 1.48. The zero-order valence-corrected chi connectivity index (χ0v) is 12.9. The van der Waals surface area contributed by atoms with Gasteiger partial charge in [-0.05, 0) is 30.7 Å². The number of para-hydroxylation sites is 1. The summed E-state index contributed by atoms with van der Waals surface area (Å²) in [7, 11) is 0. The Hall–Kier alpha value is -2.89. The van der Waals surface area contributed by atoms with E-state index in [4.69, 9.17) is 4.74 Å². The fourth-order valence-corrected chi connectivity index (χ4v) is 3.03. The molecule has 1 aliphatic rings. The number of carbonyl (C=O) groups is 1. The van der Waals surface area contributed by atoms with E-state index in [0.717, 1.165) is 11.3 Å². The Morgan fingerprint density at radius 3 is 3.12 bits per heavy atom. The third-order valence-electron chi connectivity index (χ3n) is 4.20. The highest BCUT2D eigenvalue weighted by molar-refractivity contribution is 5.84. The maximum Gasteiger partial charge on any atom is 0.228 e. The molecule has 0 unspecified atom stereocenters. The van der Waals surface area contributed by atoms with Gasteiger partial charge in [-0.15, -0.1) is 0 Å². The largest absolute Gasteiger partial charge is 0.493 e. The molecule has 2 heterocycles. The summed E-state index contributed by atoms with van der Waals surface area (Å²) in [4.78, 5) is 19.9. The summed E-state index contributed by atoms with van der Waals surface area (Å²) in [5.74, 6) is 0.766. The predicted octanol–water partition coefficient (Wildman–Crippen LogP) is 2.88. The van der Waals surface area contributed by atoms with Gasteiger partial charge in [0.2, 0.25) is 5.91 Å². The van der Waals surface area contributed by atoms with E-state index in [0.29, 0.717) is 29.9 Å². The van der Waals surface area contributed by atoms with Crippen LogP contribution in [0.1, 0.15) is 23.7 Å². The van der Waals surface area contributed by atoms with E-state index >= 15 is 0 Å². The van der Waals surface area contributed by atoms with Crippen molar-refractivity contribution in [2.75, 3.05) is 6.61 Å². The molecule has 0 spiro atoms. The number of H-pyrrole nitrogens is 1. The van der Waals surface area contributed by atoms with E-state index < -0.39 is 0 Å². The summed E-state index contributed by atoms with van der Waals surface area (Å²) in [6, 6.07) is 12.0. The van der Waals surface area contributed by atoms with Crippen LogP contribution in [0.15, 0.2) is 42.5 Å². The van der Waals surface area contributed by atoms with Gasteiger partial charge >= 0.3 is 0 Å². The molecule has 24 heavy (non-hydrogen) atoms. The Labute approximate surface area is 137 Å². The van der Waals surface area contributed by atoms with Gasteiger partial charge in [0.1, 0.15) is 17.4 Å². The molecule has 4 rings (SSSR count). The zero-order valence-electron chi connectivity index (χ0n) is 12.9. The number of amides is 1. The standard InChI is InChI=1S/C18H16FN3O2/c19-11-5-6-14-15(9-11)22-17(21-14)10-20-18(23)13-7-8-24-16-4-2-1-3-12(13)16/h1-6,9,13H,7-8,10H2,(H,20,23)(H,21,22)/t13-/m1/s1. The molecule has 3 aromatic rings. The number of benzene rings is 2. The monoisotopic (exact) mass is 325 g/mol. The molecule has 5 nitrogen and oxygen atoms in total. The average Bonchev–Trinajstić information content (AvgIpc) is 3.01. The van der Waals surface area contributed by atoms with Crippen molar-refractivity contribution < 1.29 is 13.9 Å². The second-order valence-corrected chi connectivity index (χ2v) is 5.79. The van der Waals surface area contributed by atoms with E-state index in [-0.39, 0.29) is 24.2 Å². The normalized spacial score (nSPS) is 16.5. The van der Waals surface area contributed by atoms with Gasteiger partial charge in [0.25, 0.3) is 0 Å². The summed E-state index contributed by atoms with van der Waals surface area (Å²) >= 11 is 0. The highest BCUT2D eigenvalue weighted by Crippen LogP contribution is 2.33. The Bertz CT molecular complexity index is 906. The van der Waals surface area contributed by atoms with Crippen LogP contribution in [-0.4, -0.2) is 22.5 Å². The number of aromatic amines is 1. The molecule has 2 aromatic carbocycles. The molecule has 1 amide bonds. The third-order valence-corrected chi connectivity index (χ3v) is 4.20. The number of hydrogen-bond donors (Lipinski definition) is 2. The van der Waals surface area contributed by atoms with E-state index in [1.54, 1.807) is 6.07 Å². The van der Waals surface area contributed by atoms with E-state index in [2.05, 4.69) is 15.3 Å².